The summed E-state index contributed by atoms with van der Waals surface area (Å²) in [5.74, 6) is 0.167. The summed E-state index contributed by atoms with van der Waals surface area (Å²) < 4.78 is 0. The molecule has 2 aliphatic heterocycles. The van der Waals surface area contributed by atoms with Gasteiger partial charge in [-0.15, -0.1) is 0 Å². The Morgan fingerprint density at radius 3 is 2.32 bits per heavy atom. The largest absolute Gasteiger partial charge is 0.483 e. The molecule has 1 N–H and O–H groups in total. The van der Waals surface area contributed by atoms with E-state index in [1.54, 1.807) is 16.7 Å². The fourth-order valence-corrected chi connectivity index (χ4v) is 3.53. The molecule has 3 rings (SSSR count). The fourth-order valence-electron chi connectivity index (χ4n) is 3.53. The van der Waals surface area contributed by atoms with E-state index in [-0.39, 0.29) is 30.7 Å². The number of carbonyl (C=O) groups excluding carboxylic acids is 3. The Labute approximate surface area is 164 Å². The fraction of sp³-hybridized carbons (Fsp3) is 0.500. The maximum absolute atomic E-state index is 12.6. The maximum atomic E-state index is 12.6. The topological polar surface area (TPSA) is 98.2 Å². The number of likely N-dealkylation sites (tertiary alicyclic amines) is 1. The first-order chi connectivity index (χ1) is 13.5. The van der Waals surface area contributed by atoms with Crippen LogP contribution in [-0.4, -0.2) is 76.2 Å². The second-order valence-corrected chi connectivity index (χ2v) is 6.89. The molecule has 1 aromatic carbocycles. The van der Waals surface area contributed by atoms with Crippen LogP contribution in [0, 0.1) is 0 Å². The monoisotopic (exact) mass is 389 g/mol. The third-order valence-corrected chi connectivity index (χ3v) is 5.01. The molecule has 2 saturated heterocycles. The van der Waals surface area contributed by atoms with Crippen molar-refractivity contribution in [2.75, 3.05) is 26.2 Å². The van der Waals surface area contributed by atoms with Crippen LogP contribution in [0.3, 0.4) is 0 Å². The molecule has 1 aromatic rings. The van der Waals surface area contributed by atoms with Gasteiger partial charge in [0.1, 0.15) is 6.04 Å². The summed E-state index contributed by atoms with van der Waals surface area (Å²) in [6, 6.07) is 9.27. The third-order valence-electron chi connectivity index (χ3n) is 5.01. The van der Waals surface area contributed by atoms with Gasteiger partial charge < -0.3 is 19.8 Å². The number of carboxylic acid groups (broad SMARTS) is 1. The smallest absolute Gasteiger partial charge is 0.290 e. The highest BCUT2D eigenvalue weighted by atomic mass is 16.3. The minimum atomic E-state index is -0.449. The second-order valence-electron chi connectivity index (χ2n) is 6.89. The lowest BCUT2D eigenvalue weighted by atomic mass is 10.1. The van der Waals surface area contributed by atoms with Crippen molar-refractivity contribution in [1.82, 2.24) is 14.7 Å². The summed E-state index contributed by atoms with van der Waals surface area (Å²) >= 11 is 0. The van der Waals surface area contributed by atoms with Crippen LogP contribution in [0.4, 0.5) is 0 Å². The van der Waals surface area contributed by atoms with Crippen molar-refractivity contribution >= 4 is 24.2 Å². The number of carbonyl (C=O) groups is 4. The summed E-state index contributed by atoms with van der Waals surface area (Å²) in [6.45, 7) is 4.13. The molecule has 2 fully saturated rings. The summed E-state index contributed by atoms with van der Waals surface area (Å²) in [7, 11) is 0. The number of nitrogens with zero attached hydrogens (tertiary/aromatic N) is 3. The van der Waals surface area contributed by atoms with Gasteiger partial charge in [-0.3, -0.25) is 19.2 Å². The molecule has 8 nitrogen and oxygen atoms in total. The molecule has 152 valence electrons. The van der Waals surface area contributed by atoms with Gasteiger partial charge >= 0.3 is 0 Å². The Morgan fingerprint density at radius 1 is 1.07 bits per heavy atom. The summed E-state index contributed by atoms with van der Waals surface area (Å²) in [4.78, 5) is 50.2. The van der Waals surface area contributed by atoms with Gasteiger partial charge in [-0.05, 0) is 25.3 Å². The minimum absolute atomic E-state index is 0.0109. The van der Waals surface area contributed by atoms with E-state index in [4.69, 9.17) is 9.90 Å². The molecule has 3 amide bonds. The van der Waals surface area contributed by atoms with Gasteiger partial charge in [0.05, 0.1) is 6.54 Å². The zero-order valence-electron chi connectivity index (χ0n) is 16.1. The summed E-state index contributed by atoms with van der Waals surface area (Å²) in [5, 5.41) is 6.89. The van der Waals surface area contributed by atoms with Crippen LogP contribution in [0.2, 0.25) is 0 Å². The van der Waals surface area contributed by atoms with E-state index < -0.39 is 6.04 Å². The van der Waals surface area contributed by atoms with Crippen molar-refractivity contribution in [3.63, 3.8) is 0 Å². The van der Waals surface area contributed by atoms with E-state index >= 15 is 0 Å². The molecule has 0 aromatic heterocycles. The highest BCUT2D eigenvalue weighted by Crippen LogP contribution is 2.17. The van der Waals surface area contributed by atoms with Crippen LogP contribution in [0.1, 0.15) is 31.7 Å². The number of amides is 3. The van der Waals surface area contributed by atoms with E-state index in [1.807, 2.05) is 35.2 Å². The zero-order chi connectivity index (χ0) is 20.5. The number of piperazine rings is 1. The molecule has 0 aliphatic carbocycles. The molecule has 28 heavy (non-hydrogen) atoms. The molecule has 1 atom stereocenters. The van der Waals surface area contributed by atoms with Crippen molar-refractivity contribution in [2.24, 2.45) is 0 Å². The number of rotatable bonds is 6. The average molecular weight is 389 g/mol. The molecule has 2 heterocycles. The molecular weight excluding hydrogens is 362 g/mol. The number of hydrogen-bond acceptors (Lipinski definition) is 4. The lowest BCUT2D eigenvalue weighted by Crippen LogP contribution is -2.58. The Bertz CT molecular complexity index is 694. The number of benzene rings is 1. The lowest BCUT2D eigenvalue weighted by molar-refractivity contribution is -0.155. The Morgan fingerprint density at radius 2 is 1.71 bits per heavy atom. The van der Waals surface area contributed by atoms with E-state index in [2.05, 4.69) is 0 Å². The van der Waals surface area contributed by atoms with Gasteiger partial charge in [0.2, 0.25) is 17.7 Å². The third kappa shape index (κ3) is 5.55. The van der Waals surface area contributed by atoms with Crippen molar-refractivity contribution in [3.8, 4) is 0 Å². The van der Waals surface area contributed by atoms with Crippen LogP contribution in [0.5, 0.6) is 0 Å². The molecule has 0 radical (unpaired) electrons. The van der Waals surface area contributed by atoms with Gasteiger partial charge in [-0.2, -0.15) is 0 Å². The molecule has 0 spiro atoms. The number of hydrogen-bond donors (Lipinski definition) is 1. The predicted molar refractivity (Wildman–Crippen MR) is 102 cm³/mol. The molecule has 2 aliphatic rings. The second kappa shape index (κ2) is 10.4. The van der Waals surface area contributed by atoms with E-state index in [0.717, 1.165) is 24.9 Å². The highest BCUT2D eigenvalue weighted by molar-refractivity contribution is 5.94. The van der Waals surface area contributed by atoms with Gasteiger partial charge in [-0.1, -0.05) is 30.3 Å². The van der Waals surface area contributed by atoms with Gasteiger partial charge in [0, 0.05) is 32.6 Å². The Kier molecular flexibility index (Phi) is 7.98. The van der Waals surface area contributed by atoms with Crippen molar-refractivity contribution in [3.05, 3.63) is 35.9 Å². The zero-order valence-corrected chi connectivity index (χ0v) is 16.1. The van der Waals surface area contributed by atoms with Crippen molar-refractivity contribution < 1.29 is 24.3 Å². The molecule has 8 heteroatoms. The molecule has 0 saturated carbocycles. The van der Waals surface area contributed by atoms with Gasteiger partial charge in [0.25, 0.3) is 6.47 Å². The van der Waals surface area contributed by atoms with Crippen LogP contribution in [0.25, 0.3) is 0 Å². The standard InChI is InChI=1S/C19H25N3O3.CH2O2/c1-15-19(25)21(12-6-11-20-10-5-9-17(20)23)14-18(24)22(15)13-16-7-3-2-4-8-16;2-1-3/h2-4,7-8,15H,5-6,9-14H2,1H3;1H,(H,2,3)/t15-;/m0./s1. The SMILES string of the molecule is C[C@H]1C(=O)N(CCCN2CCCC2=O)CC(=O)N1Cc1ccccc1.O=CO. The maximum Gasteiger partial charge on any atom is 0.290 e. The van der Waals surface area contributed by atoms with E-state index in [1.165, 1.54) is 0 Å². The summed E-state index contributed by atoms with van der Waals surface area (Å²) in [5.41, 5.74) is 1.02. The highest BCUT2D eigenvalue weighted by Gasteiger charge is 2.36. The van der Waals surface area contributed by atoms with Crippen LogP contribution < -0.4 is 0 Å². The molecule has 0 unspecified atom stereocenters. The first kappa shape index (κ1) is 21.4. The van der Waals surface area contributed by atoms with Gasteiger partial charge in [-0.25, -0.2) is 0 Å². The van der Waals surface area contributed by atoms with Crippen molar-refractivity contribution in [2.45, 2.75) is 38.8 Å². The predicted octanol–water partition coefficient (Wildman–Crippen LogP) is 0.959. The van der Waals surface area contributed by atoms with E-state index in [0.29, 0.717) is 26.1 Å². The Hall–Kier alpha value is -2.90. The first-order valence-corrected chi connectivity index (χ1v) is 9.45. The molecule has 0 bridgehead atoms. The van der Waals surface area contributed by atoms with E-state index in [9.17, 15) is 14.4 Å². The average Bonchev–Trinajstić information content (AvgIpc) is 3.09. The minimum Gasteiger partial charge on any atom is -0.483 e. The summed E-state index contributed by atoms with van der Waals surface area (Å²) in [6.07, 6.45) is 2.27. The van der Waals surface area contributed by atoms with Crippen molar-refractivity contribution in [1.29, 1.82) is 0 Å². The van der Waals surface area contributed by atoms with Crippen LogP contribution in [0.15, 0.2) is 30.3 Å². The Balaban J connectivity index is 0.000000878. The first-order valence-electron chi connectivity index (χ1n) is 9.45. The molecular formula is C20H27N3O5. The lowest BCUT2D eigenvalue weighted by Gasteiger charge is -2.39. The van der Waals surface area contributed by atoms with Crippen LogP contribution in [-0.2, 0) is 25.7 Å². The quantitative estimate of drug-likeness (QED) is 0.731. The normalized spacial score (nSPS) is 19.5. The van der Waals surface area contributed by atoms with Crippen LogP contribution >= 0.6 is 0 Å². The van der Waals surface area contributed by atoms with Gasteiger partial charge in [0.15, 0.2) is 0 Å².